The van der Waals surface area contributed by atoms with Crippen LogP contribution in [0.2, 0.25) is 0 Å². The third-order valence-corrected chi connectivity index (χ3v) is 5.39. The zero-order valence-corrected chi connectivity index (χ0v) is 12.9. The molecule has 0 aromatic heterocycles. The van der Waals surface area contributed by atoms with Crippen LogP contribution >= 0.6 is 0 Å². The number of carbonyl (C=O) groups is 4. The van der Waals surface area contributed by atoms with Crippen LogP contribution in [0.25, 0.3) is 0 Å². The number of aryl methyl sites for hydroxylation is 1. The van der Waals surface area contributed by atoms with Crippen molar-refractivity contribution in [1.82, 2.24) is 10.2 Å². The Labute approximate surface area is 132 Å². The maximum atomic E-state index is 12.8. The summed E-state index contributed by atoms with van der Waals surface area (Å²) >= 11 is 0. The zero-order chi connectivity index (χ0) is 16.5. The highest BCUT2D eigenvalue weighted by Crippen LogP contribution is 2.52. The molecule has 6 nitrogen and oxygen atoms in total. The van der Waals surface area contributed by atoms with Gasteiger partial charge in [-0.1, -0.05) is 6.07 Å². The van der Waals surface area contributed by atoms with Crippen molar-refractivity contribution >= 4 is 23.6 Å². The molecule has 2 fully saturated rings. The van der Waals surface area contributed by atoms with Crippen molar-refractivity contribution in [3.63, 3.8) is 0 Å². The third-order valence-electron chi connectivity index (χ3n) is 5.39. The molecule has 4 rings (SSSR count). The molecule has 1 aromatic rings. The molecule has 2 aliphatic heterocycles. The molecule has 1 aliphatic carbocycles. The molecule has 1 spiro atoms. The number of amides is 4. The van der Waals surface area contributed by atoms with E-state index >= 15 is 0 Å². The molecule has 1 aromatic carbocycles. The van der Waals surface area contributed by atoms with Gasteiger partial charge in [-0.15, -0.1) is 0 Å². The third kappa shape index (κ3) is 1.75. The molecule has 4 amide bonds. The molecule has 0 radical (unpaired) electrons. The van der Waals surface area contributed by atoms with E-state index < -0.39 is 29.2 Å². The van der Waals surface area contributed by atoms with Crippen LogP contribution in [0.4, 0.5) is 0 Å². The van der Waals surface area contributed by atoms with E-state index in [9.17, 15) is 19.2 Å². The Hall–Kier alpha value is -2.50. The summed E-state index contributed by atoms with van der Waals surface area (Å²) < 4.78 is 0. The van der Waals surface area contributed by atoms with Gasteiger partial charge in [0.05, 0.1) is 16.5 Å². The molecule has 23 heavy (non-hydrogen) atoms. The van der Waals surface area contributed by atoms with Crippen molar-refractivity contribution in [3.05, 3.63) is 34.4 Å². The van der Waals surface area contributed by atoms with Crippen molar-refractivity contribution in [3.8, 4) is 0 Å². The predicted molar refractivity (Wildman–Crippen MR) is 79.6 cm³/mol. The number of hydrogen-bond donors (Lipinski definition) is 1. The molecular formula is C17H16N2O4. The number of piperidine rings is 1. The minimum absolute atomic E-state index is 0.237. The Kier molecular flexibility index (Phi) is 2.63. The number of hydrogen-bond acceptors (Lipinski definition) is 4. The molecule has 3 aliphatic rings. The van der Waals surface area contributed by atoms with Crippen LogP contribution in [-0.2, 0) is 9.59 Å². The molecule has 1 saturated heterocycles. The van der Waals surface area contributed by atoms with E-state index in [1.165, 1.54) is 0 Å². The lowest BCUT2D eigenvalue weighted by Crippen LogP contribution is -2.58. The molecular weight excluding hydrogens is 296 g/mol. The highest BCUT2D eigenvalue weighted by atomic mass is 16.2. The fraction of sp³-hybridized carbons (Fsp3) is 0.412. The summed E-state index contributed by atoms with van der Waals surface area (Å²) in [6.07, 6.45) is 1.63. The van der Waals surface area contributed by atoms with Crippen LogP contribution in [0.5, 0.6) is 0 Å². The number of benzene rings is 1. The van der Waals surface area contributed by atoms with Crippen LogP contribution in [0.1, 0.15) is 51.1 Å². The first kappa shape index (κ1) is 14.1. The minimum atomic E-state index is -0.901. The Morgan fingerprint density at radius 3 is 2.43 bits per heavy atom. The molecule has 6 heteroatoms. The molecule has 1 saturated carbocycles. The highest BCUT2D eigenvalue weighted by Gasteiger charge is 2.58. The lowest BCUT2D eigenvalue weighted by Gasteiger charge is -2.32. The van der Waals surface area contributed by atoms with Gasteiger partial charge in [-0.05, 0) is 50.3 Å². The van der Waals surface area contributed by atoms with Crippen LogP contribution in [-0.4, -0.2) is 34.6 Å². The fourth-order valence-corrected chi connectivity index (χ4v) is 3.57. The smallest absolute Gasteiger partial charge is 0.262 e. The maximum Gasteiger partial charge on any atom is 0.262 e. The molecule has 2 heterocycles. The number of carbonyl (C=O) groups excluding carboxylic acids is 4. The first-order valence-electron chi connectivity index (χ1n) is 7.69. The van der Waals surface area contributed by atoms with Crippen molar-refractivity contribution < 1.29 is 19.2 Å². The topological polar surface area (TPSA) is 83.6 Å². The van der Waals surface area contributed by atoms with Gasteiger partial charge >= 0.3 is 0 Å². The monoisotopic (exact) mass is 312 g/mol. The molecule has 1 N–H and O–H groups in total. The van der Waals surface area contributed by atoms with E-state index in [1.54, 1.807) is 19.1 Å². The molecule has 118 valence electrons. The van der Waals surface area contributed by atoms with Crippen molar-refractivity contribution in [2.45, 2.75) is 39.2 Å². The molecule has 0 bridgehead atoms. The standard InChI is InChI=1S/C17H16N2O4/c1-8-3-4-10-12(9(8)2)15(22)19(14(10)21)11-7-17(5-6-17)16(23)18-13(11)20/h3-4,11H,5-7H2,1-2H3,(H,18,20,23). The fourth-order valence-electron chi connectivity index (χ4n) is 3.57. The van der Waals surface area contributed by atoms with Crippen molar-refractivity contribution in [2.75, 3.05) is 0 Å². The van der Waals surface area contributed by atoms with Gasteiger partial charge in [-0.2, -0.15) is 0 Å². The summed E-state index contributed by atoms with van der Waals surface area (Å²) in [5.41, 5.74) is 1.83. The Morgan fingerprint density at radius 2 is 1.78 bits per heavy atom. The maximum absolute atomic E-state index is 12.8. The molecule has 1 unspecified atom stereocenters. The number of rotatable bonds is 1. The van der Waals surface area contributed by atoms with E-state index in [1.807, 2.05) is 6.92 Å². The SMILES string of the molecule is Cc1ccc2c(c1C)C(=O)N(C1CC3(CC3)C(=O)NC1=O)C2=O. The van der Waals surface area contributed by atoms with Crippen LogP contribution in [0.15, 0.2) is 12.1 Å². The largest absolute Gasteiger partial charge is 0.294 e. The van der Waals surface area contributed by atoms with Crippen LogP contribution in [0.3, 0.4) is 0 Å². The van der Waals surface area contributed by atoms with Gasteiger partial charge in [0.15, 0.2) is 0 Å². The Morgan fingerprint density at radius 1 is 1.09 bits per heavy atom. The number of fused-ring (bicyclic) bond motifs is 1. The van der Waals surface area contributed by atoms with Gasteiger partial charge in [0.1, 0.15) is 6.04 Å². The van der Waals surface area contributed by atoms with E-state index in [-0.39, 0.29) is 12.3 Å². The zero-order valence-electron chi connectivity index (χ0n) is 12.9. The van der Waals surface area contributed by atoms with Crippen LogP contribution in [0, 0.1) is 19.3 Å². The second-order valence-electron chi connectivity index (χ2n) is 6.73. The van der Waals surface area contributed by atoms with E-state index in [2.05, 4.69) is 5.32 Å². The second kappa shape index (κ2) is 4.28. The van der Waals surface area contributed by atoms with Crippen molar-refractivity contribution in [1.29, 1.82) is 0 Å². The van der Waals surface area contributed by atoms with E-state index in [0.717, 1.165) is 16.0 Å². The number of nitrogens with zero attached hydrogens (tertiary/aromatic N) is 1. The first-order valence-corrected chi connectivity index (χ1v) is 7.69. The summed E-state index contributed by atoms with van der Waals surface area (Å²) in [7, 11) is 0. The van der Waals surface area contributed by atoms with Gasteiger partial charge in [0, 0.05) is 0 Å². The number of imide groups is 2. The van der Waals surface area contributed by atoms with Crippen LogP contribution < -0.4 is 5.32 Å². The minimum Gasteiger partial charge on any atom is -0.294 e. The van der Waals surface area contributed by atoms with Gasteiger partial charge in [-0.25, -0.2) is 0 Å². The second-order valence-corrected chi connectivity index (χ2v) is 6.73. The Balaban J connectivity index is 1.75. The number of nitrogens with one attached hydrogen (secondary N) is 1. The summed E-state index contributed by atoms with van der Waals surface area (Å²) in [6.45, 7) is 3.68. The first-order chi connectivity index (χ1) is 10.9. The van der Waals surface area contributed by atoms with Crippen molar-refractivity contribution in [2.24, 2.45) is 5.41 Å². The van der Waals surface area contributed by atoms with Gasteiger partial charge in [0.2, 0.25) is 11.8 Å². The Bertz CT molecular complexity index is 807. The predicted octanol–water partition coefficient (Wildman–Crippen LogP) is 1.09. The lowest BCUT2D eigenvalue weighted by molar-refractivity contribution is -0.141. The molecule has 1 atom stereocenters. The average molecular weight is 312 g/mol. The van der Waals surface area contributed by atoms with E-state index in [4.69, 9.17) is 0 Å². The normalized spacial score (nSPS) is 25.0. The van der Waals surface area contributed by atoms with Gasteiger partial charge in [0.25, 0.3) is 11.8 Å². The summed E-state index contributed by atoms with van der Waals surface area (Å²) in [5.74, 6) is -1.71. The van der Waals surface area contributed by atoms with E-state index in [0.29, 0.717) is 24.0 Å². The van der Waals surface area contributed by atoms with Gasteiger partial charge in [-0.3, -0.25) is 29.4 Å². The summed E-state index contributed by atoms with van der Waals surface area (Å²) in [6, 6.07) is 2.54. The lowest BCUT2D eigenvalue weighted by atomic mass is 9.90. The quantitative estimate of drug-likeness (QED) is 0.787. The average Bonchev–Trinajstić information content (AvgIpc) is 3.23. The summed E-state index contributed by atoms with van der Waals surface area (Å²) in [5, 5.41) is 2.33. The van der Waals surface area contributed by atoms with Gasteiger partial charge < -0.3 is 0 Å². The highest BCUT2D eigenvalue weighted by molar-refractivity contribution is 6.24. The summed E-state index contributed by atoms with van der Waals surface area (Å²) in [4.78, 5) is 50.6.